The molecule has 10 heavy (non-hydrogen) atoms. The van der Waals surface area contributed by atoms with Crippen molar-refractivity contribution in [1.29, 1.82) is 0 Å². The first-order chi connectivity index (χ1) is 4.80. The maximum absolute atomic E-state index is 8.96. The fraction of sp³-hybridized carbons (Fsp3) is 1.00. The van der Waals surface area contributed by atoms with Crippen molar-refractivity contribution in [2.24, 2.45) is 5.41 Å². The van der Waals surface area contributed by atoms with Gasteiger partial charge < -0.3 is 15.5 Å². The van der Waals surface area contributed by atoms with Gasteiger partial charge in [-0.1, -0.05) is 0 Å². The number of piperidine rings is 1. The highest BCUT2D eigenvalue weighted by Gasteiger charge is 2.59. The molecular weight excluding hydrogens is 130 g/mol. The fourth-order valence-corrected chi connectivity index (χ4v) is 2.00. The van der Waals surface area contributed by atoms with Crippen LogP contribution in [0.1, 0.15) is 12.8 Å². The second kappa shape index (κ2) is 1.94. The zero-order valence-corrected chi connectivity index (χ0v) is 5.88. The fourth-order valence-electron chi connectivity index (χ4n) is 2.00. The average Bonchev–Trinajstić information content (AvgIpc) is 2.55. The second-order valence-corrected chi connectivity index (χ2v) is 3.53. The highest BCUT2D eigenvalue weighted by atomic mass is 16.3. The molecule has 0 aromatic heterocycles. The minimum Gasteiger partial charge on any atom is -0.396 e. The number of aliphatic hydroxyl groups is 2. The van der Waals surface area contributed by atoms with Crippen LogP contribution in [0.4, 0.5) is 0 Å². The van der Waals surface area contributed by atoms with Gasteiger partial charge >= 0.3 is 0 Å². The number of hydrogen-bond donors (Lipinski definition) is 3. The summed E-state index contributed by atoms with van der Waals surface area (Å²) >= 11 is 0. The van der Waals surface area contributed by atoms with E-state index >= 15 is 0 Å². The molecule has 3 N–H and O–H groups in total. The van der Waals surface area contributed by atoms with Crippen molar-refractivity contribution < 1.29 is 10.2 Å². The van der Waals surface area contributed by atoms with E-state index in [0.29, 0.717) is 6.04 Å². The van der Waals surface area contributed by atoms with Crippen LogP contribution in [-0.2, 0) is 0 Å². The van der Waals surface area contributed by atoms with Crippen molar-refractivity contribution in [2.45, 2.75) is 24.9 Å². The van der Waals surface area contributed by atoms with Crippen molar-refractivity contribution in [3.8, 4) is 0 Å². The molecule has 1 saturated heterocycles. The van der Waals surface area contributed by atoms with Gasteiger partial charge in [0, 0.05) is 17.5 Å². The average molecular weight is 143 g/mol. The Morgan fingerprint density at radius 3 is 2.60 bits per heavy atom. The predicted molar refractivity (Wildman–Crippen MR) is 36.6 cm³/mol. The third kappa shape index (κ3) is 0.713. The Hall–Kier alpha value is -0.120. The Bertz CT molecular complexity index is 147. The van der Waals surface area contributed by atoms with Crippen LogP contribution in [0.25, 0.3) is 0 Å². The number of aliphatic hydroxyl groups excluding tert-OH is 2. The van der Waals surface area contributed by atoms with Gasteiger partial charge in [-0.2, -0.15) is 0 Å². The Balaban J connectivity index is 1.97. The first-order valence-corrected chi connectivity index (χ1v) is 3.78. The van der Waals surface area contributed by atoms with E-state index in [2.05, 4.69) is 5.32 Å². The smallest absolute Gasteiger partial charge is 0.0584 e. The Morgan fingerprint density at radius 1 is 1.40 bits per heavy atom. The minimum atomic E-state index is 0.160. The zero-order valence-electron chi connectivity index (χ0n) is 5.88. The maximum Gasteiger partial charge on any atom is 0.0584 e. The normalized spacial score (nSPS) is 51.0. The summed E-state index contributed by atoms with van der Waals surface area (Å²) < 4.78 is 0. The van der Waals surface area contributed by atoms with Gasteiger partial charge in [-0.25, -0.2) is 0 Å². The van der Waals surface area contributed by atoms with Gasteiger partial charge in [-0.3, -0.25) is 0 Å². The summed E-state index contributed by atoms with van der Waals surface area (Å²) in [6.07, 6.45) is 2.05. The van der Waals surface area contributed by atoms with Gasteiger partial charge in [0.15, 0.2) is 0 Å². The van der Waals surface area contributed by atoms with Crippen LogP contribution < -0.4 is 5.32 Å². The molecule has 3 atom stereocenters. The molecule has 0 radical (unpaired) electrons. The number of hydrogen-bond acceptors (Lipinski definition) is 3. The minimum absolute atomic E-state index is 0.160. The summed E-state index contributed by atoms with van der Waals surface area (Å²) in [6.45, 7) is 0.486. The van der Waals surface area contributed by atoms with Crippen LogP contribution in [0.15, 0.2) is 0 Å². The molecular formula is C7H13NO2. The number of rotatable bonds is 2. The lowest BCUT2D eigenvalue weighted by atomic mass is 10.0. The van der Waals surface area contributed by atoms with Gasteiger partial charge in [-0.15, -0.1) is 0 Å². The van der Waals surface area contributed by atoms with E-state index < -0.39 is 0 Å². The van der Waals surface area contributed by atoms with E-state index in [1.54, 1.807) is 0 Å². The highest BCUT2D eigenvalue weighted by Crippen LogP contribution is 2.53. The number of nitrogens with one attached hydrogen (secondary N) is 1. The van der Waals surface area contributed by atoms with Crippen molar-refractivity contribution in [3.05, 3.63) is 0 Å². The lowest BCUT2D eigenvalue weighted by molar-refractivity contribution is 0.193. The number of fused-ring (bicyclic) bond motifs is 1. The third-order valence-electron chi connectivity index (χ3n) is 2.81. The topological polar surface area (TPSA) is 52.5 Å². The molecule has 1 heterocycles. The monoisotopic (exact) mass is 143 g/mol. The first-order valence-electron chi connectivity index (χ1n) is 3.78. The molecule has 0 amide bonds. The van der Waals surface area contributed by atoms with Crippen LogP contribution in [0.2, 0.25) is 0 Å². The molecule has 1 saturated carbocycles. The summed E-state index contributed by atoms with van der Waals surface area (Å²) in [7, 11) is 0. The van der Waals surface area contributed by atoms with Crippen molar-refractivity contribution >= 4 is 0 Å². The van der Waals surface area contributed by atoms with Crippen molar-refractivity contribution in [1.82, 2.24) is 5.32 Å². The largest absolute Gasteiger partial charge is 0.396 e. The van der Waals surface area contributed by atoms with Crippen LogP contribution in [0, 0.1) is 5.41 Å². The molecule has 2 rings (SSSR count). The van der Waals surface area contributed by atoms with Gasteiger partial charge in [0.05, 0.1) is 13.2 Å². The van der Waals surface area contributed by atoms with Crippen LogP contribution in [0.3, 0.4) is 0 Å². The zero-order chi connectivity index (χ0) is 7.19. The van der Waals surface area contributed by atoms with Crippen molar-refractivity contribution in [2.75, 3.05) is 13.2 Å². The molecule has 3 nitrogen and oxygen atoms in total. The van der Waals surface area contributed by atoms with Crippen LogP contribution in [0.5, 0.6) is 0 Å². The van der Waals surface area contributed by atoms with Crippen LogP contribution in [-0.4, -0.2) is 35.5 Å². The molecule has 1 aliphatic heterocycles. The second-order valence-electron chi connectivity index (χ2n) is 3.53. The summed E-state index contributed by atoms with van der Waals surface area (Å²) in [5, 5.41) is 21.0. The Labute approximate surface area is 60.1 Å². The third-order valence-corrected chi connectivity index (χ3v) is 2.81. The van der Waals surface area contributed by atoms with E-state index in [-0.39, 0.29) is 24.7 Å². The first kappa shape index (κ1) is 6.58. The molecule has 0 aromatic carbocycles. The summed E-state index contributed by atoms with van der Waals surface area (Å²) in [5.74, 6) is 0. The molecule has 0 spiro atoms. The molecule has 0 bridgehead atoms. The molecule has 0 aromatic rings. The SMILES string of the molecule is OCC1CC2(CO)CC2N1. The molecule has 3 heteroatoms. The summed E-state index contributed by atoms with van der Waals surface area (Å²) in [6, 6.07) is 0.737. The summed E-state index contributed by atoms with van der Waals surface area (Å²) in [5.41, 5.74) is 0.160. The lowest BCUT2D eigenvalue weighted by Gasteiger charge is -2.10. The van der Waals surface area contributed by atoms with Crippen LogP contribution >= 0.6 is 0 Å². The Morgan fingerprint density at radius 2 is 2.20 bits per heavy atom. The molecule has 1 aliphatic carbocycles. The molecule has 2 aliphatic rings. The van der Waals surface area contributed by atoms with Crippen molar-refractivity contribution in [3.63, 3.8) is 0 Å². The van der Waals surface area contributed by atoms with Gasteiger partial charge in [0.1, 0.15) is 0 Å². The summed E-state index contributed by atoms with van der Waals surface area (Å²) in [4.78, 5) is 0. The Kier molecular flexibility index (Phi) is 1.27. The van der Waals surface area contributed by atoms with Gasteiger partial charge in [-0.05, 0) is 12.8 Å². The van der Waals surface area contributed by atoms with E-state index in [4.69, 9.17) is 10.2 Å². The standard InChI is InChI=1S/C7H13NO2/c9-3-5-1-7(4-10)2-6(7)8-5/h5-6,8-10H,1-4H2. The molecule has 2 fully saturated rings. The van der Waals surface area contributed by atoms with E-state index in [9.17, 15) is 0 Å². The maximum atomic E-state index is 8.96. The predicted octanol–water partition coefficient (Wildman–Crippen LogP) is -0.908. The quantitative estimate of drug-likeness (QED) is 0.469. The van der Waals surface area contributed by atoms with Gasteiger partial charge in [0.2, 0.25) is 0 Å². The molecule has 3 unspecified atom stereocenters. The van der Waals surface area contributed by atoms with Gasteiger partial charge in [0.25, 0.3) is 0 Å². The van der Waals surface area contributed by atoms with E-state index in [1.807, 2.05) is 0 Å². The van der Waals surface area contributed by atoms with E-state index in [1.165, 1.54) is 0 Å². The highest BCUT2D eigenvalue weighted by molar-refractivity contribution is 5.15. The molecule has 58 valence electrons. The lowest BCUT2D eigenvalue weighted by Crippen LogP contribution is -2.28. The van der Waals surface area contributed by atoms with E-state index in [0.717, 1.165) is 12.8 Å².